The minimum Gasteiger partial charge on any atom is -0.361 e. The van der Waals surface area contributed by atoms with E-state index in [-0.39, 0.29) is 24.1 Å². The third-order valence-corrected chi connectivity index (χ3v) is 3.31. The second-order valence-corrected chi connectivity index (χ2v) is 4.72. The van der Waals surface area contributed by atoms with Crippen molar-refractivity contribution in [3.8, 4) is 0 Å². The maximum absolute atomic E-state index is 12.6. The Morgan fingerprint density at radius 1 is 1.50 bits per heavy atom. The molecular weight excluding hydrogens is 245 g/mol. The van der Waals surface area contributed by atoms with E-state index in [0.29, 0.717) is 5.70 Å². The normalized spacial score (nSPS) is 20.2. The molecule has 0 saturated heterocycles. The number of hydrogen-bond donors (Lipinski definition) is 0. The Hall–Kier alpha value is -1.33. The lowest BCUT2D eigenvalue weighted by Crippen LogP contribution is -2.44. The maximum Gasteiger partial charge on any atom is 0.405 e. The number of hydrogen-bond acceptors (Lipinski definition) is 3. The maximum atomic E-state index is 12.6. The van der Waals surface area contributed by atoms with E-state index < -0.39 is 12.7 Å². The van der Waals surface area contributed by atoms with Crippen molar-refractivity contribution in [2.24, 2.45) is 4.99 Å². The molecule has 0 aromatic rings. The van der Waals surface area contributed by atoms with Crippen LogP contribution < -0.4 is 0 Å². The first-order chi connectivity index (χ1) is 8.37. The molecular formula is C12H15F3N2O. The lowest BCUT2D eigenvalue weighted by Gasteiger charge is -2.40. The Balaban J connectivity index is 2.11. The summed E-state index contributed by atoms with van der Waals surface area (Å²) in [6.07, 6.45) is -0.208. The van der Waals surface area contributed by atoms with Gasteiger partial charge in [0.2, 0.25) is 0 Å². The molecule has 2 rings (SSSR count). The van der Waals surface area contributed by atoms with Gasteiger partial charge in [0.25, 0.3) is 0 Å². The first-order valence-electron chi connectivity index (χ1n) is 5.96. The van der Waals surface area contributed by atoms with Gasteiger partial charge < -0.3 is 4.90 Å². The van der Waals surface area contributed by atoms with Gasteiger partial charge in [0.1, 0.15) is 12.3 Å². The molecule has 3 nitrogen and oxygen atoms in total. The fourth-order valence-electron chi connectivity index (χ4n) is 2.16. The van der Waals surface area contributed by atoms with E-state index in [1.165, 1.54) is 17.9 Å². The molecule has 1 saturated carbocycles. The molecule has 1 aliphatic carbocycles. The summed E-state index contributed by atoms with van der Waals surface area (Å²) in [5, 5.41) is 0. The highest BCUT2D eigenvalue weighted by atomic mass is 19.4. The molecule has 0 unspecified atom stereocenters. The van der Waals surface area contributed by atoms with Crippen LogP contribution in [0.5, 0.6) is 0 Å². The van der Waals surface area contributed by atoms with Gasteiger partial charge in [-0.3, -0.25) is 9.79 Å². The number of nitrogens with zero attached hydrogens (tertiary/aromatic N) is 2. The second kappa shape index (κ2) is 4.74. The zero-order valence-electron chi connectivity index (χ0n) is 10.1. The van der Waals surface area contributed by atoms with Crippen LogP contribution in [0.4, 0.5) is 13.2 Å². The third kappa shape index (κ3) is 2.91. The van der Waals surface area contributed by atoms with Crippen molar-refractivity contribution in [3.05, 3.63) is 11.8 Å². The average molecular weight is 260 g/mol. The molecule has 0 aromatic heterocycles. The number of halogens is 3. The lowest BCUT2D eigenvalue weighted by atomic mass is 9.91. The molecule has 18 heavy (non-hydrogen) atoms. The quantitative estimate of drug-likeness (QED) is 0.777. The molecule has 0 bridgehead atoms. The van der Waals surface area contributed by atoms with Gasteiger partial charge in [0, 0.05) is 18.7 Å². The van der Waals surface area contributed by atoms with Crippen LogP contribution in [-0.4, -0.2) is 41.7 Å². The smallest absolute Gasteiger partial charge is 0.361 e. The Morgan fingerprint density at radius 2 is 2.17 bits per heavy atom. The molecule has 0 atom stereocenters. The van der Waals surface area contributed by atoms with E-state index in [4.69, 9.17) is 0 Å². The zero-order chi connectivity index (χ0) is 13.3. The van der Waals surface area contributed by atoms with Gasteiger partial charge in [-0.15, -0.1) is 0 Å². The van der Waals surface area contributed by atoms with E-state index in [9.17, 15) is 18.0 Å². The Kier molecular flexibility index (Phi) is 3.45. The van der Waals surface area contributed by atoms with Gasteiger partial charge in [0.15, 0.2) is 5.78 Å². The minimum absolute atomic E-state index is 0.0561. The van der Waals surface area contributed by atoms with Crippen molar-refractivity contribution in [3.63, 3.8) is 0 Å². The van der Waals surface area contributed by atoms with Crippen molar-refractivity contribution in [2.45, 2.75) is 38.4 Å². The number of aliphatic imine (C=N–C) groups is 1. The largest absolute Gasteiger partial charge is 0.405 e. The Labute approximate surface area is 103 Å². The standard InChI is InChI=1S/C12H15F3N2O/c1-8(18)11-5-10(6-16-11)17(7-12(13,14)15)9-3-2-4-9/h5,9H,2-4,6-7H2,1H3. The van der Waals surface area contributed by atoms with Crippen molar-refractivity contribution >= 4 is 11.5 Å². The van der Waals surface area contributed by atoms with E-state index in [2.05, 4.69) is 4.99 Å². The van der Waals surface area contributed by atoms with Crippen LogP contribution in [0.1, 0.15) is 26.2 Å². The monoisotopic (exact) mass is 260 g/mol. The number of alkyl halides is 3. The molecule has 0 aromatic carbocycles. The summed E-state index contributed by atoms with van der Waals surface area (Å²) in [4.78, 5) is 16.5. The molecule has 0 N–H and O–H groups in total. The summed E-state index contributed by atoms with van der Waals surface area (Å²) in [5.41, 5.74) is 0.790. The van der Waals surface area contributed by atoms with Crippen molar-refractivity contribution < 1.29 is 18.0 Å². The molecule has 1 fully saturated rings. The van der Waals surface area contributed by atoms with Crippen LogP contribution >= 0.6 is 0 Å². The first-order valence-corrected chi connectivity index (χ1v) is 5.96. The van der Waals surface area contributed by atoms with E-state index in [0.717, 1.165) is 19.3 Å². The fraction of sp³-hybridized carbons (Fsp3) is 0.667. The summed E-state index contributed by atoms with van der Waals surface area (Å²) >= 11 is 0. The highest BCUT2D eigenvalue weighted by Gasteiger charge is 2.37. The Morgan fingerprint density at radius 3 is 2.56 bits per heavy atom. The number of carbonyl (C=O) groups is 1. The zero-order valence-corrected chi connectivity index (χ0v) is 10.1. The second-order valence-electron chi connectivity index (χ2n) is 4.72. The van der Waals surface area contributed by atoms with Crippen LogP contribution in [0.2, 0.25) is 0 Å². The van der Waals surface area contributed by atoms with Gasteiger partial charge in [-0.2, -0.15) is 13.2 Å². The van der Waals surface area contributed by atoms with Crippen molar-refractivity contribution in [1.29, 1.82) is 0 Å². The summed E-state index contributed by atoms with van der Waals surface area (Å²) in [5.74, 6) is -0.203. The van der Waals surface area contributed by atoms with Gasteiger partial charge in [0.05, 0.1) is 6.54 Å². The van der Waals surface area contributed by atoms with Crippen molar-refractivity contribution in [2.75, 3.05) is 13.1 Å². The Bertz CT molecular complexity index is 408. The van der Waals surface area contributed by atoms with Gasteiger partial charge in [-0.25, -0.2) is 0 Å². The minimum atomic E-state index is -4.23. The topological polar surface area (TPSA) is 32.7 Å². The average Bonchev–Trinajstić information content (AvgIpc) is 2.59. The van der Waals surface area contributed by atoms with Crippen LogP contribution in [-0.2, 0) is 4.79 Å². The van der Waals surface area contributed by atoms with E-state index >= 15 is 0 Å². The lowest BCUT2D eigenvalue weighted by molar-refractivity contribution is -0.149. The summed E-state index contributed by atoms with van der Waals surface area (Å²) in [6.45, 7) is 0.599. The number of allylic oxidation sites excluding steroid dienone is 1. The van der Waals surface area contributed by atoms with Gasteiger partial charge in [-0.05, 0) is 25.3 Å². The summed E-state index contributed by atoms with van der Waals surface area (Å²) < 4.78 is 37.7. The first kappa shape index (κ1) is 13.1. The SMILES string of the molecule is CC(=O)C1=NCC(N(CC(F)(F)F)C2CCC2)=C1. The highest BCUT2D eigenvalue weighted by Crippen LogP contribution is 2.32. The number of carbonyl (C=O) groups excluding carboxylic acids is 1. The van der Waals surface area contributed by atoms with E-state index in [1.807, 2.05) is 0 Å². The predicted molar refractivity (Wildman–Crippen MR) is 61.5 cm³/mol. The van der Waals surface area contributed by atoms with Crippen LogP contribution in [0.25, 0.3) is 0 Å². The van der Waals surface area contributed by atoms with Gasteiger partial charge >= 0.3 is 6.18 Å². The van der Waals surface area contributed by atoms with Crippen molar-refractivity contribution in [1.82, 2.24) is 4.90 Å². The molecule has 100 valence electrons. The van der Waals surface area contributed by atoms with Crippen LogP contribution in [0, 0.1) is 0 Å². The summed E-state index contributed by atoms with van der Waals surface area (Å²) in [6, 6.07) is -0.0561. The van der Waals surface area contributed by atoms with Crippen LogP contribution in [0.15, 0.2) is 16.8 Å². The molecule has 1 aliphatic heterocycles. The third-order valence-electron chi connectivity index (χ3n) is 3.31. The number of Topliss-reactive ketones (excluding diaryl/α,β-unsaturated/α-hetero) is 1. The summed E-state index contributed by atoms with van der Waals surface area (Å²) in [7, 11) is 0. The fourth-order valence-corrected chi connectivity index (χ4v) is 2.16. The molecule has 0 amide bonds. The van der Waals surface area contributed by atoms with Gasteiger partial charge in [-0.1, -0.05) is 0 Å². The predicted octanol–water partition coefficient (Wildman–Crippen LogP) is 2.33. The molecule has 1 heterocycles. The van der Waals surface area contributed by atoms with Crippen LogP contribution in [0.3, 0.4) is 0 Å². The number of rotatable bonds is 4. The highest BCUT2D eigenvalue weighted by molar-refractivity contribution is 6.44. The molecule has 6 heteroatoms. The van der Waals surface area contributed by atoms with E-state index in [1.54, 1.807) is 0 Å². The number of ketones is 1. The molecule has 0 spiro atoms. The molecule has 2 aliphatic rings. The molecule has 0 radical (unpaired) electrons.